The molecule has 0 radical (unpaired) electrons. The third-order valence-corrected chi connectivity index (χ3v) is 5.52. The van der Waals surface area contributed by atoms with Crippen molar-refractivity contribution < 1.29 is 9.18 Å². The third kappa shape index (κ3) is 5.06. The summed E-state index contributed by atoms with van der Waals surface area (Å²) >= 11 is 1.43. The highest BCUT2D eigenvalue weighted by Gasteiger charge is 2.25. The number of hydrogen-bond acceptors (Lipinski definition) is 4. The number of rotatable bonds is 7. The number of halogens is 1. The van der Waals surface area contributed by atoms with Crippen LogP contribution in [0.3, 0.4) is 0 Å². The summed E-state index contributed by atoms with van der Waals surface area (Å²) in [6.45, 7) is 6.04. The number of hydrogen-bond donors (Lipinski definition) is 0. The second kappa shape index (κ2) is 10.4. The van der Waals surface area contributed by atoms with Crippen molar-refractivity contribution in [2.45, 2.75) is 69.8 Å². The molecule has 1 aromatic heterocycles. The van der Waals surface area contributed by atoms with Crippen molar-refractivity contribution >= 4 is 18.0 Å². The van der Waals surface area contributed by atoms with Crippen LogP contribution in [0.25, 0.3) is 0 Å². The molecule has 1 atom stereocenters. The van der Waals surface area contributed by atoms with Crippen LogP contribution >= 0.6 is 11.8 Å². The first-order chi connectivity index (χ1) is 13.1. The van der Waals surface area contributed by atoms with Crippen LogP contribution < -0.4 is 5.56 Å². The van der Waals surface area contributed by atoms with E-state index in [1.165, 1.54) is 23.9 Å². The smallest absolute Gasteiger partial charge is 0.277 e. The maximum Gasteiger partial charge on any atom is 0.277 e. The molecule has 146 valence electrons. The van der Waals surface area contributed by atoms with Gasteiger partial charge in [0.2, 0.25) is 0 Å². The van der Waals surface area contributed by atoms with E-state index in [-0.39, 0.29) is 17.4 Å². The van der Waals surface area contributed by atoms with E-state index in [0.717, 1.165) is 55.2 Å². The Labute approximate surface area is 164 Å². The minimum atomic E-state index is -0.291. The van der Waals surface area contributed by atoms with E-state index in [2.05, 4.69) is 4.98 Å². The molecule has 0 aliphatic heterocycles. The number of aldehydes is 1. The van der Waals surface area contributed by atoms with Gasteiger partial charge in [-0.1, -0.05) is 51.1 Å². The molecule has 1 aliphatic rings. The largest absolute Gasteiger partial charge is 0.314 e. The monoisotopic (exact) mass is 390 g/mol. The summed E-state index contributed by atoms with van der Waals surface area (Å²) in [6, 6.07) is 6.00. The molecule has 0 amide bonds. The highest BCUT2D eigenvalue weighted by atomic mass is 32.2. The Morgan fingerprint density at radius 2 is 1.96 bits per heavy atom. The summed E-state index contributed by atoms with van der Waals surface area (Å²) in [5, 5.41) is 0.584. The Morgan fingerprint density at radius 1 is 1.26 bits per heavy atom. The van der Waals surface area contributed by atoms with Gasteiger partial charge < -0.3 is 9.36 Å². The third-order valence-electron chi connectivity index (χ3n) is 4.50. The molecule has 0 saturated heterocycles. The summed E-state index contributed by atoms with van der Waals surface area (Å²) in [5.74, 6) is 0.300. The van der Waals surface area contributed by atoms with Crippen molar-refractivity contribution in [3.8, 4) is 0 Å². The first kappa shape index (κ1) is 21.4. The molecule has 2 aromatic rings. The molecule has 1 unspecified atom stereocenters. The summed E-state index contributed by atoms with van der Waals surface area (Å²) in [4.78, 5) is 28.3. The van der Waals surface area contributed by atoms with Gasteiger partial charge in [-0.3, -0.25) is 4.79 Å². The molecule has 0 saturated carbocycles. The van der Waals surface area contributed by atoms with Gasteiger partial charge in [-0.25, -0.2) is 4.39 Å². The Kier molecular flexibility index (Phi) is 8.23. The highest BCUT2D eigenvalue weighted by molar-refractivity contribution is 7.98. The van der Waals surface area contributed by atoms with Crippen LogP contribution in [-0.4, -0.2) is 15.8 Å². The first-order valence-corrected chi connectivity index (χ1v) is 10.6. The average molecular weight is 391 g/mol. The van der Waals surface area contributed by atoms with Gasteiger partial charge in [0.25, 0.3) is 5.56 Å². The van der Waals surface area contributed by atoms with E-state index in [1.807, 2.05) is 25.3 Å². The van der Waals surface area contributed by atoms with Crippen molar-refractivity contribution in [2.75, 3.05) is 0 Å². The lowest BCUT2D eigenvalue weighted by molar-refractivity contribution is -0.111. The average Bonchev–Trinajstić information content (AvgIpc) is 3.18. The Bertz CT molecular complexity index is 818. The van der Waals surface area contributed by atoms with Crippen LogP contribution in [-0.2, 0) is 23.4 Å². The maximum absolute atomic E-state index is 13.0. The number of fused-ring (bicyclic) bond motifs is 1. The van der Waals surface area contributed by atoms with E-state index in [1.54, 1.807) is 12.1 Å². The molecule has 6 heteroatoms. The molecule has 0 fully saturated rings. The zero-order valence-electron chi connectivity index (χ0n) is 16.2. The lowest BCUT2D eigenvalue weighted by Gasteiger charge is -2.22. The fourth-order valence-electron chi connectivity index (χ4n) is 3.27. The van der Waals surface area contributed by atoms with E-state index in [9.17, 15) is 14.0 Å². The minimum Gasteiger partial charge on any atom is -0.314 e. The number of carbonyl (C=O) groups is 1. The van der Waals surface area contributed by atoms with Crippen molar-refractivity contribution in [3.05, 3.63) is 57.3 Å². The van der Waals surface area contributed by atoms with E-state index < -0.39 is 0 Å². The lowest BCUT2D eigenvalue weighted by Crippen LogP contribution is -2.25. The second-order valence-corrected chi connectivity index (χ2v) is 7.20. The lowest BCUT2D eigenvalue weighted by atomic mass is 10.1. The molecule has 0 spiro atoms. The topological polar surface area (TPSA) is 52.0 Å². The minimum absolute atomic E-state index is 0.175. The van der Waals surface area contributed by atoms with Crippen molar-refractivity contribution in [1.29, 1.82) is 0 Å². The standard InChI is InChI=1S/C19H21FN2O2S.C2H6/c1-2-4-15(11-23)22-17-6-3-5-16(17)18(24)21-19(22)25-12-13-7-9-14(20)10-8-13;1-2/h7-11,15H,2-6,12H2,1H3;1-2H3. The highest BCUT2D eigenvalue weighted by Crippen LogP contribution is 2.30. The molecule has 0 bridgehead atoms. The van der Waals surface area contributed by atoms with Gasteiger partial charge in [0.15, 0.2) is 5.16 Å². The van der Waals surface area contributed by atoms with Crippen molar-refractivity contribution in [1.82, 2.24) is 9.55 Å². The maximum atomic E-state index is 13.0. The van der Waals surface area contributed by atoms with Gasteiger partial charge in [0, 0.05) is 17.0 Å². The van der Waals surface area contributed by atoms with Gasteiger partial charge in [0.1, 0.15) is 12.1 Å². The van der Waals surface area contributed by atoms with E-state index in [4.69, 9.17) is 0 Å². The SMILES string of the molecule is CC.CCCC(C=O)n1c(SCc2ccc(F)cc2)nc(=O)c2c1CCC2. The summed E-state index contributed by atoms with van der Waals surface area (Å²) in [5.41, 5.74) is 2.50. The van der Waals surface area contributed by atoms with Crippen LogP contribution in [0.15, 0.2) is 34.2 Å². The number of thioether (sulfide) groups is 1. The first-order valence-electron chi connectivity index (χ1n) is 9.60. The fraction of sp³-hybridized carbons (Fsp3) is 0.476. The molecule has 1 aliphatic carbocycles. The summed E-state index contributed by atoms with van der Waals surface area (Å²) in [6.07, 6.45) is 5.04. The molecule has 3 rings (SSSR count). The van der Waals surface area contributed by atoms with E-state index >= 15 is 0 Å². The predicted octanol–water partition coefficient (Wildman–Crippen LogP) is 4.73. The van der Waals surface area contributed by atoms with Gasteiger partial charge in [-0.15, -0.1) is 0 Å². The zero-order valence-corrected chi connectivity index (χ0v) is 17.0. The van der Waals surface area contributed by atoms with Gasteiger partial charge in [-0.05, 0) is 43.4 Å². The van der Waals surface area contributed by atoms with E-state index in [0.29, 0.717) is 10.9 Å². The molecule has 27 heavy (non-hydrogen) atoms. The van der Waals surface area contributed by atoms with Crippen molar-refractivity contribution in [2.24, 2.45) is 0 Å². The Morgan fingerprint density at radius 3 is 2.59 bits per heavy atom. The molecular formula is C21H27FN2O2S. The molecule has 4 nitrogen and oxygen atoms in total. The molecule has 0 N–H and O–H groups in total. The fourth-order valence-corrected chi connectivity index (χ4v) is 4.29. The van der Waals surface area contributed by atoms with Crippen LogP contribution in [0.5, 0.6) is 0 Å². The van der Waals surface area contributed by atoms with Gasteiger partial charge >= 0.3 is 0 Å². The van der Waals surface area contributed by atoms with Gasteiger partial charge in [-0.2, -0.15) is 4.98 Å². The zero-order chi connectivity index (χ0) is 19.8. The molecule has 1 heterocycles. The number of carbonyl (C=O) groups excluding carboxylic acids is 1. The summed E-state index contributed by atoms with van der Waals surface area (Å²) in [7, 11) is 0. The number of nitrogens with zero attached hydrogens (tertiary/aromatic N) is 2. The second-order valence-electron chi connectivity index (χ2n) is 6.26. The molecular weight excluding hydrogens is 363 g/mol. The van der Waals surface area contributed by atoms with Gasteiger partial charge in [0.05, 0.1) is 6.04 Å². The molecule has 1 aromatic carbocycles. The Balaban J connectivity index is 0.00000126. The normalized spacial score (nSPS) is 13.5. The summed E-state index contributed by atoms with van der Waals surface area (Å²) < 4.78 is 15.0. The Hall–Kier alpha value is -1.95. The van der Waals surface area contributed by atoms with Crippen LogP contribution in [0.4, 0.5) is 4.39 Å². The predicted molar refractivity (Wildman–Crippen MR) is 108 cm³/mol. The number of benzene rings is 1. The quantitative estimate of drug-likeness (QED) is 0.390. The van der Waals surface area contributed by atoms with Crippen LogP contribution in [0, 0.1) is 5.82 Å². The van der Waals surface area contributed by atoms with Crippen molar-refractivity contribution in [3.63, 3.8) is 0 Å². The van der Waals surface area contributed by atoms with Crippen LogP contribution in [0.1, 0.15) is 62.9 Å². The number of aromatic nitrogens is 2. The van der Waals surface area contributed by atoms with Crippen LogP contribution in [0.2, 0.25) is 0 Å².